The van der Waals surface area contributed by atoms with Gasteiger partial charge < -0.3 is 10.6 Å². The fourth-order valence-corrected chi connectivity index (χ4v) is 6.02. The molecule has 1 aliphatic heterocycles. The Bertz CT molecular complexity index is 1340. The van der Waals surface area contributed by atoms with E-state index in [0.29, 0.717) is 33.8 Å². The molecule has 1 unspecified atom stereocenters. The van der Waals surface area contributed by atoms with Crippen molar-refractivity contribution in [2.45, 2.75) is 36.9 Å². The van der Waals surface area contributed by atoms with Gasteiger partial charge in [0.05, 0.1) is 6.04 Å². The number of hydrogen-bond acceptors (Lipinski definition) is 7. The molecule has 9 nitrogen and oxygen atoms in total. The molecular formula is C26H27N5O4S2. The van der Waals surface area contributed by atoms with E-state index >= 15 is 0 Å². The van der Waals surface area contributed by atoms with Crippen molar-refractivity contribution in [1.29, 1.82) is 5.26 Å². The van der Waals surface area contributed by atoms with Crippen LogP contribution in [0, 0.1) is 11.3 Å². The first-order valence-corrected chi connectivity index (χ1v) is 14.1. The lowest BCUT2D eigenvalue weighted by Gasteiger charge is -2.29. The minimum absolute atomic E-state index is 0.248. The second kappa shape index (κ2) is 11.8. The van der Waals surface area contributed by atoms with Crippen LogP contribution in [0.15, 0.2) is 72.8 Å². The third-order valence-corrected chi connectivity index (χ3v) is 7.86. The number of rotatable bonds is 10. The molecule has 1 aliphatic rings. The van der Waals surface area contributed by atoms with Crippen LogP contribution in [0.4, 0.5) is 0 Å². The number of carbonyl (C=O) groups excluding carboxylic acids is 2. The maximum absolute atomic E-state index is 13.9. The van der Waals surface area contributed by atoms with Gasteiger partial charge in [0, 0.05) is 10.8 Å². The van der Waals surface area contributed by atoms with Crippen molar-refractivity contribution in [2.75, 3.05) is 6.54 Å². The summed E-state index contributed by atoms with van der Waals surface area (Å²) in [7, 11) is -4.31. The highest BCUT2D eigenvalue weighted by Crippen LogP contribution is 2.31. The molecule has 0 bridgehead atoms. The summed E-state index contributed by atoms with van der Waals surface area (Å²) in [4.78, 5) is 28.2. The minimum Gasteiger partial charge on any atom is -0.340 e. The number of benzene rings is 2. The number of nitrogens with one attached hydrogen (secondary N) is 3. The highest BCUT2D eigenvalue weighted by atomic mass is 32.2. The summed E-state index contributed by atoms with van der Waals surface area (Å²) in [6.07, 6.45) is 1.45. The zero-order chi connectivity index (χ0) is 26.4. The van der Waals surface area contributed by atoms with Gasteiger partial charge in [-0.2, -0.15) is 18.4 Å². The molecule has 192 valence electrons. The molecule has 1 aromatic heterocycles. The van der Waals surface area contributed by atoms with Gasteiger partial charge in [-0.15, -0.1) is 11.3 Å². The molecule has 11 heteroatoms. The SMILES string of the molecule is N#Cc1ccc(C(NC(=O)[C@H](NS(N)(=O)=O)C(c2ccccc2)c2ccccc2)C(=O)[C@@H]2CCCN2)s1. The normalized spacial score (nSPS) is 17.2. The van der Waals surface area contributed by atoms with Crippen LogP contribution in [0.3, 0.4) is 0 Å². The highest BCUT2D eigenvalue weighted by Gasteiger charge is 2.38. The molecule has 3 atom stereocenters. The van der Waals surface area contributed by atoms with E-state index in [9.17, 15) is 23.3 Å². The van der Waals surface area contributed by atoms with E-state index in [1.165, 1.54) is 0 Å². The largest absolute Gasteiger partial charge is 0.340 e. The zero-order valence-electron chi connectivity index (χ0n) is 19.8. The zero-order valence-corrected chi connectivity index (χ0v) is 21.5. The number of nitriles is 1. The van der Waals surface area contributed by atoms with Crippen LogP contribution >= 0.6 is 11.3 Å². The molecule has 4 rings (SSSR count). The Morgan fingerprint density at radius 1 is 1.03 bits per heavy atom. The van der Waals surface area contributed by atoms with E-state index in [1.807, 2.05) is 18.2 Å². The van der Waals surface area contributed by atoms with E-state index in [4.69, 9.17) is 5.14 Å². The predicted molar refractivity (Wildman–Crippen MR) is 141 cm³/mol. The Hall–Kier alpha value is -3.40. The molecule has 2 heterocycles. The van der Waals surface area contributed by atoms with Crippen LogP contribution in [0.1, 0.15) is 45.7 Å². The Labute approximate surface area is 219 Å². The first-order chi connectivity index (χ1) is 17.8. The Kier molecular flexibility index (Phi) is 8.48. The number of carbonyl (C=O) groups is 2. The lowest BCUT2D eigenvalue weighted by molar-refractivity contribution is -0.129. The van der Waals surface area contributed by atoms with Crippen LogP contribution in [0.5, 0.6) is 0 Å². The monoisotopic (exact) mass is 537 g/mol. The molecule has 0 aliphatic carbocycles. The number of amides is 1. The predicted octanol–water partition coefficient (Wildman–Crippen LogP) is 2.09. The molecule has 0 saturated carbocycles. The molecular weight excluding hydrogens is 510 g/mol. The highest BCUT2D eigenvalue weighted by molar-refractivity contribution is 7.87. The number of nitrogens with two attached hydrogens (primary N) is 1. The summed E-state index contributed by atoms with van der Waals surface area (Å²) in [5.74, 6) is -1.70. The van der Waals surface area contributed by atoms with Gasteiger partial charge in [-0.1, -0.05) is 60.7 Å². The van der Waals surface area contributed by atoms with Crippen LogP contribution in [-0.2, 0) is 19.8 Å². The standard InChI is InChI=1S/C26H27N5O4S2/c27-16-19-13-14-21(36-19)23(25(32)20-12-7-15-29-20)30-26(33)24(31-37(28,34)35)22(17-8-3-1-4-9-17)18-10-5-2-6-11-18/h1-6,8-11,13-14,20,22-24,29,31H,7,12,15H2,(H,30,33)(H2,28,34,35)/t20-,23?,24+/m0/s1. The number of ketones is 1. The summed E-state index contributed by atoms with van der Waals surface area (Å²) in [5, 5.41) is 20.6. The Morgan fingerprint density at radius 3 is 2.14 bits per heavy atom. The molecule has 5 N–H and O–H groups in total. The third kappa shape index (κ3) is 6.68. The Morgan fingerprint density at radius 2 is 1.65 bits per heavy atom. The summed E-state index contributed by atoms with van der Waals surface area (Å²) >= 11 is 1.11. The maximum atomic E-state index is 13.9. The molecule has 37 heavy (non-hydrogen) atoms. The molecule has 1 amide bonds. The van der Waals surface area contributed by atoms with Crippen LogP contribution in [0.2, 0.25) is 0 Å². The average molecular weight is 538 g/mol. The van der Waals surface area contributed by atoms with E-state index in [2.05, 4.69) is 15.4 Å². The third-order valence-electron chi connectivity index (χ3n) is 6.22. The van der Waals surface area contributed by atoms with E-state index in [0.717, 1.165) is 17.8 Å². The summed E-state index contributed by atoms with van der Waals surface area (Å²) in [6.45, 7) is 0.685. The van der Waals surface area contributed by atoms with Gasteiger partial charge in [0.25, 0.3) is 10.2 Å². The van der Waals surface area contributed by atoms with Gasteiger partial charge in [-0.05, 0) is 42.6 Å². The Balaban J connectivity index is 1.75. The van der Waals surface area contributed by atoms with E-state index in [-0.39, 0.29) is 5.78 Å². The van der Waals surface area contributed by atoms with Crippen molar-refractivity contribution in [3.63, 3.8) is 0 Å². The van der Waals surface area contributed by atoms with Crippen LogP contribution in [-0.4, -0.2) is 38.7 Å². The van der Waals surface area contributed by atoms with Crippen molar-refractivity contribution < 1.29 is 18.0 Å². The van der Waals surface area contributed by atoms with Crippen LogP contribution in [0.25, 0.3) is 0 Å². The first kappa shape index (κ1) is 26.7. The summed E-state index contributed by atoms with van der Waals surface area (Å²) in [6, 6.07) is 20.4. The van der Waals surface area contributed by atoms with Gasteiger partial charge in [-0.25, -0.2) is 5.14 Å². The van der Waals surface area contributed by atoms with E-state index < -0.39 is 40.2 Å². The van der Waals surface area contributed by atoms with Crippen molar-refractivity contribution in [1.82, 2.24) is 15.4 Å². The number of thiophene rings is 1. The van der Waals surface area contributed by atoms with Crippen molar-refractivity contribution in [3.8, 4) is 6.07 Å². The topological polar surface area (TPSA) is 154 Å². The van der Waals surface area contributed by atoms with Gasteiger partial charge in [0.2, 0.25) is 5.91 Å². The average Bonchev–Trinajstić information content (AvgIpc) is 3.60. The van der Waals surface area contributed by atoms with Gasteiger partial charge in [0.15, 0.2) is 5.78 Å². The molecule has 3 aromatic rings. The van der Waals surface area contributed by atoms with Crippen molar-refractivity contribution >= 4 is 33.2 Å². The molecule has 1 saturated heterocycles. The maximum Gasteiger partial charge on any atom is 0.275 e. The fraction of sp³-hybridized carbons (Fsp3) is 0.269. The lowest BCUT2D eigenvalue weighted by atomic mass is 9.85. The molecule has 0 spiro atoms. The minimum atomic E-state index is -4.31. The van der Waals surface area contributed by atoms with Gasteiger partial charge in [0.1, 0.15) is 23.0 Å². The van der Waals surface area contributed by atoms with Crippen LogP contribution < -0.4 is 20.5 Å². The number of hydrogen-bond donors (Lipinski definition) is 4. The number of Topliss-reactive ketones (excluding diaryl/α,β-unsaturated/α-hetero) is 1. The first-order valence-electron chi connectivity index (χ1n) is 11.7. The van der Waals surface area contributed by atoms with E-state index in [1.54, 1.807) is 60.7 Å². The van der Waals surface area contributed by atoms with Gasteiger partial charge in [-0.3, -0.25) is 9.59 Å². The van der Waals surface area contributed by atoms with Crippen molar-refractivity contribution in [3.05, 3.63) is 93.7 Å². The smallest absolute Gasteiger partial charge is 0.275 e. The lowest BCUT2D eigenvalue weighted by Crippen LogP contribution is -2.54. The molecule has 0 radical (unpaired) electrons. The molecule has 2 aromatic carbocycles. The number of nitrogens with zero attached hydrogens (tertiary/aromatic N) is 1. The van der Waals surface area contributed by atoms with Crippen molar-refractivity contribution in [2.24, 2.45) is 5.14 Å². The second-order valence-corrected chi connectivity index (χ2v) is 11.2. The summed E-state index contributed by atoms with van der Waals surface area (Å²) < 4.78 is 26.8. The quantitative estimate of drug-likeness (QED) is 0.311. The van der Waals surface area contributed by atoms with Gasteiger partial charge >= 0.3 is 0 Å². The summed E-state index contributed by atoms with van der Waals surface area (Å²) in [5.41, 5.74) is 1.38. The molecule has 1 fully saturated rings. The second-order valence-electron chi connectivity index (χ2n) is 8.75. The fourth-order valence-electron chi connectivity index (χ4n) is 4.56.